The molecule has 10 nitrogen and oxygen atoms in total. The number of primary amides is 1. The van der Waals surface area contributed by atoms with Crippen LogP contribution in [0.15, 0.2) is 51.9 Å². The number of methoxy groups -OCH3 is 1. The van der Waals surface area contributed by atoms with E-state index in [1.165, 1.54) is 0 Å². The zero-order valence-corrected chi connectivity index (χ0v) is 24.3. The van der Waals surface area contributed by atoms with Crippen molar-refractivity contribution in [1.82, 2.24) is 14.7 Å². The van der Waals surface area contributed by atoms with Gasteiger partial charge in [0, 0.05) is 31.2 Å². The second-order valence-corrected chi connectivity index (χ2v) is 11.3. The summed E-state index contributed by atoms with van der Waals surface area (Å²) in [4.78, 5) is 17.2. The Bertz CT molecular complexity index is 1640. The summed E-state index contributed by atoms with van der Waals surface area (Å²) in [7, 11) is -2.41. The van der Waals surface area contributed by atoms with E-state index in [1.54, 1.807) is 45.2 Å². The molecule has 4 aromatic rings. The molecule has 1 amide bonds. The molecule has 11 heteroatoms. The molecular formula is C29H35N5O5S. The number of carbonyl (C=O) groups is 1. The van der Waals surface area contributed by atoms with Crippen molar-refractivity contribution in [2.24, 2.45) is 5.73 Å². The minimum Gasteiger partial charge on any atom is -0.380 e. The van der Waals surface area contributed by atoms with Crippen LogP contribution < -0.4 is 10.5 Å². The van der Waals surface area contributed by atoms with Crippen molar-refractivity contribution in [2.45, 2.75) is 65.0 Å². The molecule has 0 unspecified atom stereocenters. The Labute approximate surface area is 234 Å². The van der Waals surface area contributed by atoms with E-state index in [-0.39, 0.29) is 17.3 Å². The number of rotatable bonds is 12. The summed E-state index contributed by atoms with van der Waals surface area (Å²) >= 11 is 0. The summed E-state index contributed by atoms with van der Waals surface area (Å²) in [5.41, 5.74) is 10.4. The van der Waals surface area contributed by atoms with Crippen LogP contribution in [-0.2, 0) is 40.8 Å². The first-order valence-electron chi connectivity index (χ1n) is 13.1. The SMILES string of the molecule is CCCc1nc(CC)c(C(N)=O)n1Cc1ccc(-c2ccccc2S(=O)(=O)Nc2noc(C)c2C)c(COC)c1. The van der Waals surface area contributed by atoms with E-state index in [1.807, 2.05) is 29.7 Å². The zero-order valence-electron chi connectivity index (χ0n) is 23.4. The highest BCUT2D eigenvalue weighted by Gasteiger charge is 2.24. The van der Waals surface area contributed by atoms with Gasteiger partial charge in [-0.1, -0.05) is 55.4 Å². The summed E-state index contributed by atoms with van der Waals surface area (Å²) in [5, 5.41) is 3.85. The lowest BCUT2D eigenvalue weighted by Gasteiger charge is -2.17. The highest BCUT2D eigenvalue weighted by atomic mass is 32.2. The van der Waals surface area contributed by atoms with E-state index in [0.717, 1.165) is 23.4 Å². The Morgan fingerprint density at radius 1 is 1.12 bits per heavy atom. The standard InChI is InChI=1S/C29H35N5O5S/c1-6-10-26-31-24(7-2)27(28(30)35)34(26)16-20-13-14-22(21(15-20)17-38-5)23-11-8-9-12-25(23)40(36,37)33-29-18(3)19(4)39-32-29/h8-9,11-15H,6-7,10,16-17H2,1-5H3,(H2,30,35)(H,32,33). The van der Waals surface area contributed by atoms with Gasteiger partial charge < -0.3 is 19.6 Å². The average Bonchev–Trinajstić information content (AvgIpc) is 3.43. The number of benzene rings is 2. The quantitative estimate of drug-likeness (QED) is 0.252. The van der Waals surface area contributed by atoms with Gasteiger partial charge in [-0.15, -0.1) is 0 Å². The number of amides is 1. The Morgan fingerprint density at radius 2 is 1.88 bits per heavy atom. The number of nitrogens with zero attached hydrogens (tertiary/aromatic N) is 3. The molecule has 2 aromatic carbocycles. The maximum absolute atomic E-state index is 13.5. The summed E-state index contributed by atoms with van der Waals surface area (Å²) in [6.07, 6.45) is 2.19. The number of nitrogens with two attached hydrogens (primary N) is 1. The Morgan fingerprint density at radius 3 is 2.50 bits per heavy atom. The van der Waals surface area contributed by atoms with Crippen LogP contribution in [0.4, 0.5) is 5.82 Å². The van der Waals surface area contributed by atoms with E-state index >= 15 is 0 Å². The third-order valence-electron chi connectivity index (χ3n) is 6.83. The first-order chi connectivity index (χ1) is 19.1. The minimum absolute atomic E-state index is 0.101. The number of imidazole rings is 1. The fourth-order valence-electron chi connectivity index (χ4n) is 4.74. The van der Waals surface area contributed by atoms with Crippen molar-refractivity contribution in [2.75, 3.05) is 11.8 Å². The Hall–Kier alpha value is -3.96. The first-order valence-corrected chi connectivity index (χ1v) is 14.6. The van der Waals surface area contributed by atoms with Crippen molar-refractivity contribution in [3.05, 3.63) is 82.1 Å². The van der Waals surface area contributed by atoms with Crippen molar-refractivity contribution in [3.63, 3.8) is 0 Å². The molecule has 0 radical (unpaired) electrons. The molecule has 2 heterocycles. The van der Waals surface area contributed by atoms with Gasteiger partial charge in [0.15, 0.2) is 5.82 Å². The van der Waals surface area contributed by atoms with E-state index in [9.17, 15) is 13.2 Å². The topological polar surface area (TPSA) is 142 Å². The molecule has 0 aliphatic heterocycles. The third-order valence-corrected chi connectivity index (χ3v) is 8.22. The molecule has 2 aromatic heterocycles. The predicted molar refractivity (Wildman–Crippen MR) is 153 cm³/mol. The molecule has 4 rings (SSSR count). The van der Waals surface area contributed by atoms with Crippen LogP contribution >= 0.6 is 0 Å². The number of aromatic nitrogens is 3. The van der Waals surface area contributed by atoms with E-state index in [2.05, 4.69) is 16.8 Å². The number of nitrogens with one attached hydrogen (secondary N) is 1. The number of hydrogen-bond donors (Lipinski definition) is 2. The van der Waals surface area contributed by atoms with Gasteiger partial charge in [-0.2, -0.15) is 0 Å². The van der Waals surface area contributed by atoms with Crippen LogP contribution in [0, 0.1) is 13.8 Å². The number of aryl methyl sites for hydroxylation is 3. The molecule has 3 N–H and O–H groups in total. The lowest BCUT2D eigenvalue weighted by molar-refractivity contribution is 0.0990. The molecular weight excluding hydrogens is 530 g/mol. The van der Waals surface area contributed by atoms with Gasteiger partial charge in [0.2, 0.25) is 0 Å². The van der Waals surface area contributed by atoms with Crippen LogP contribution in [0.25, 0.3) is 11.1 Å². The van der Waals surface area contributed by atoms with Crippen molar-refractivity contribution >= 4 is 21.7 Å². The normalized spacial score (nSPS) is 11.6. The van der Waals surface area contributed by atoms with E-state index < -0.39 is 15.9 Å². The molecule has 40 heavy (non-hydrogen) atoms. The number of hydrogen-bond acceptors (Lipinski definition) is 7. The molecule has 0 saturated carbocycles. The summed E-state index contributed by atoms with van der Waals surface area (Å²) in [6.45, 7) is 8.11. The largest absolute Gasteiger partial charge is 0.380 e. The van der Waals surface area contributed by atoms with Crippen LogP contribution in [0.1, 0.15) is 64.7 Å². The maximum atomic E-state index is 13.5. The minimum atomic E-state index is -4.00. The van der Waals surface area contributed by atoms with Gasteiger partial charge in [-0.25, -0.2) is 13.4 Å². The highest BCUT2D eigenvalue weighted by Crippen LogP contribution is 2.33. The molecule has 212 valence electrons. The van der Waals surface area contributed by atoms with Crippen LogP contribution in [-0.4, -0.2) is 36.1 Å². The Kier molecular flexibility index (Phi) is 8.75. The number of sulfonamides is 1. The second-order valence-electron chi connectivity index (χ2n) is 9.62. The fourth-order valence-corrected chi connectivity index (χ4v) is 6.02. The van der Waals surface area contributed by atoms with Crippen molar-refractivity contribution in [3.8, 4) is 11.1 Å². The van der Waals surface area contributed by atoms with Gasteiger partial charge in [-0.3, -0.25) is 9.52 Å². The number of ether oxygens (including phenoxy) is 1. The van der Waals surface area contributed by atoms with E-state index in [4.69, 9.17) is 20.0 Å². The van der Waals surface area contributed by atoms with Gasteiger partial charge >= 0.3 is 0 Å². The van der Waals surface area contributed by atoms with Crippen LogP contribution in [0.5, 0.6) is 0 Å². The summed E-state index contributed by atoms with van der Waals surface area (Å²) in [6, 6.07) is 12.5. The summed E-state index contributed by atoms with van der Waals surface area (Å²) < 4.78 is 42.1. The maximum Gasteiger partial charge on any atom is 0.267 e. The second kappa shape index (κ2) is 12.1. The van der Waals surface area contributed by atoms with Gasteiger partial charge in [0.05, 0.1) is 17.2 Å². The molecule has 0 fully saturated rings. The number of carbonyl (C=O) groups excluding carboxylic acids is 1. The van der Waals surface area contributed by atoms with E-state index in [0.29, 0.717) is 53.2 Å². The van der Waals surface area contributed by atoms with Gasteiger partial charge in [0.25, 0.3) is 15.9 Å². The third kappa shape index (κ3) is 5.80. The van der Waals surface area contributed by atoms with Crippen molar-refractivity contribution < 1.29 is 22.5 Å². The zero-order chi connectivity index (χ0) is 29.0. The van der Waals surface area contributed by atoms with Gasteiger partial charge in [-0.05, 0) is 49.4 Å². The smallest absolute Gasteiger partial charge is 0.267 e. The fraction of sp³-hybridized carbons (Fsp3) is 0.345. The predicted octanol–water partition coefficient (Wildman–Crippen LogP) is 4.76. The van der Waals surface area contributed by atoms with Gasteiger partial charge in [0.1, 0.15) is 17.3 Å². The number of anilines is 1. The highest BCUT2D eigenvalue weighted by molar-refractivity contribution is 7.92. The average molecular weight is 566 g/mol. The van der Waals surface area contributed by atoms with Crippen molar-refractivity contribution in [1.29, 1.82) is 0 Å². The Balaban J connectivity index is 1.77. The molecule has 0 atom stereocenters. The monoisotopic (exact) mass is 565 g/mol. The molecule has 0 spiro atoms. The van der Waals surface area contributed by atoms with Crippen LogP contribution in [0.3, 0.4) is 0 Å². The molecule has 0 saturated heterocycles. The summed E-state index contributed by atoms with van der Waals surface area (Å²) in [5.74, 6) is 0.991. The molecule has 0 aliphatic rings. The lowest BCUT2D eigenvalue weighted by atomic mass is 9.97. The lowest BCUT2D eigenvalue weighted by Crippen LogP contribution is -2.20. The van der Waals surface area contributed by atoms with Crippen LogP contribution in [0.2, 0.25) is 0 Å². The first kappa shape index (κ1) is 29.0. The molecule has 0 bridgehead atoms. The molecule has 0 aliphatic carbocycles.